The van der Waals surface area contributed by atoms with E-state index in [-0.39, 0.29) is 6.10 Å². The summed E-state index contributed by atoms with van der Waals surface area (Å²) in [6.45, 7) is 4.96. The topological polar surface area (TPSA) is 94.6 Å². The van der Waals surface area contributed by atoms with Crippen molar-refractivity contribution in [2.75, 3.05) is 26.8 Å². The fraction of sp³-hybridized carbons (Fsp3) is 0.600. The van der Waals surface area contributed by atoms with Crippen LogP contribution in [0, 0.1) is 5.92 Å². The van der Waals surface area contributed by atoms with Crippen LogP contribution in [0.4, 0.5) is 13.2 Å². The monoisotopic (exact) mass is 418 g/mol. The first-order valence-electron chi connectivity index (χ1n) is 9.70. The summed E-state index contributed by atoms with van der Waals surface area (Å²) >= 11 is 0. The van der Waals surface area contributed by atoms with Crippen molar-refractivity contribution >= 4 is 0 Å². The predicted octanol–water partition coefficient (Wildman–Crippen LogP) is 2.90. The number of nitrogens with two attached hydrogens (primary N) is 2. The van der Waals surface area contributed by atoms with Crippen molar-refractivity contribution in [3.8, 4) is 0 Å². The molecule has 0 amide bonds. The molecule has 0 radical (unpaired) electrons. The minimum Gasteiger partial charge on any atom is -0.401 e. The number of rotatable bonds is 9. The fourth-order valence-corrected chi connectivity index (χ4v) is 2.86. The summed E-state index contributed by atoms with van der Waals surface area (Å²) in [6, 6.07) is 5.10. The Morgan fingerprint density at radius 1 is 1.34 bits per heavy atom. The summed E-state index contributed by atoms with van der Waals surface area (Å²) in [5.74, 6) is 5.47. The van der Waals surface area contributed by atoms with Crippen LogP contribution in [-0.2, 0) is 22.3 Å². The third-order valence-electron chi connectivity index (χ3n) is 4.67. The first-order valence-corrected chi connectivity index (χ1v) is 9.70. The van der Waals surface area contributed by atoms with E-state index in [0.29, 0.717) is 12.5 Å². The number of hydrogen-bond acceptors (Lipinski definition) is 6. The lowest BCUT2D eigenvalue weighted by atomic mass is 10.00. The van der Waals surface area contributed by atoms with Gasteiger partial charge in [-0.1, -0.05) is 19.1 Å². The van der Waals surface area contributed by atoms with Crippen molar-refractivity contribution in [3.05, 3.63) is 47.3 Å². The molecule has 6 N–H and O–H groups in total. The Hall–Kier alpha value is -1.81. The van der Waals surface area contributed by atoms with Crippen LogP contribution < -0.4 is 22.3 Å². The number of hydrogen-bond donors (Lipinski definition) is 4. The molecule has 29 heavy (non-hydrogen) atoms. The van der Waals surface area contributed by atoms with Gasteiger partial charge in [0.15, 0.2) is 0 Å². The van der Waals surface area contributed by atoms with Crippen molar-refractivity contribution in [2.24, 2.45) is 17.5 Å². The second kappa shape index (κ2) is 13.4. The summed E-state index contributed by atoms with van der Waals surface area (Å²) in [6.07, 6.45) is 0.446. The first-order chi connectivity index (χ1) is 13.8. The molecule has 0 saturated carbocycles. The first kappa shape index (κ1) is 25.2. The maximum Gasteiger partial charge on any atom is 0.416 e. The Kier molecular flexibility index (Phi) is 11.7. The Morgan fingerprint density at radius 3 is 2.52 bits per heavy atom. The standard InChI is InChI=1S/C12H14F3NO.C8H19N3O/c13-12(14,15)10-3-1-9(2-4-10)8-17-11-5-6-16-7-11;1-3-7(4-5-12-2)8(9)6-11-10/h1-4,11,16H,5-8H2;6-7,11H,3-5,9-10H2,1-2H3/b;8-6-. The van der Waals surface area contributed by atoms with E-state index < -0.39 is 11.7 Å². The number of halogens is 3. The van der Waals surface area contributed by atoms with Gasteiger partial charge in [-0.3, -0.25) is 5.84 Å². The van der Waals surface area contributed by atoms with Gasteiger partial charge in [0.2, 0.25) is 0 Å². The number of benzene rings is 1. The van der Waals surface area contributed by atoms with Gasteiger partial charge in [-0.2, -0.15) is 13.2 Å². The van der Waals surface area contributed by atoms with Crippen LogP contribution >= 0.6 is 0 Å². The van der Waals surface area contributed by atoms with E-state index in [1.807, 2.05) is 0 Å². The molecule has 6 nitrogen and oxygen atoms in total. The molecule has 2 atom stereocenters. The Morgan fingerprint density at radius 2 is 2.03 bits per heavy atom. The van der Waals surface area contributed by atoms with E-state index in [4.69, 9.17) is 21.1 Å². The lowest BCUT2D eigenvalue weighted by molar-refractivity contribution is -0.137. The van der Waals surface area contributed by atoms with E-state index in [1.54, 1.807) is 13.3 Å². The fourth-order valence-electron chi connectivity index (χ4n) is 2.86. The van der Waals surface area contributed by atoms with E-state index in [9.17, 15) is 13.2 Å². The van der Waals surface area contributed by atoms with E-state index in [0.717, 1.165) is 62.4 Å². The zero-order valence-electron chi connectivity index (χ0n) is 17.1. The minimum atomic E-state index is -4.27. The van der Waals surface area contributed by atoms with Gasteiger partial charge < -0.3 is 25.9 Å². The lowest BCUT2D eigenvalue weighted by Crippen LogP contribution is -2.21. The van der Waals surface area contributed by atoms with Gasteiger partial charge in [0.25, 0.3) is 0 Å². The molecular weight excluding hydrogens is 385 g/mol. The number of ether oxygens (including phenoxy) is 2. The SMILES string of the molecule is CCC(CCOC)/C(N)=C/NN.FC(F)(F)c1ccc(COC2CCNC2)cc1. The number of alkyl halides is 3. The molecule has 1 aliphatic rings. The minimum absolute atomic E-state index is 0.178. The second-order valence-corrected chi connectivity index (χ2v) is 6.82. The Balaban J connectivity index is 0.000000311. The van der Waals surface area contributed by atoms with Gasteiger partial charge in [-0.25, -0.2) is 0 Å². The highest BCUT2D eigenvalue weighted by molar-refractivity contribution is 5.24. The summed E-state index contributed by atoms with van der Waals surface area (Å²) < 4.78 is 47.5. The molecule has 9 heteroatoms. The molecule has 1 fully saturated rings. The highest BCUT2D eigenvalue weighted by Crippen LogP contribution is 2.29. The van der Waals surface area contributed by atoms with Crippen LogP contribution in [0.3, 0.4) is 0 Å². The smallest absolute Gasteiger partial charge is 0.401 e. The van der Waals surface area contributed by atoms with E-state index in [2.05, 4.69) is 17.7 Å². The third kappa shape index (κ3) is 9.98. The molecule has 2 rings (SSSR count). The van der Waals surface area contributed by atoms with Crippen LogP contribution in [0.2, 0.25) is 0 Å². The summed E-state index contributed by atoms with van der Waals surface area (Å²) in [5.41, 5.74) is 9.11. The summed E-state index contributed by atoms with van der Waals surface area (Å²) in [7, 11) is 1.69. The molecular formula is C20H33F3N4O2. The van der Waals surface area contributed by atoms with Crippen molar-refractivity contribution in [1.29, 1.82) is 0 Å². The largest absolute Gasteiger partial charge is 0.416 e. The van der Waals surface area contributed by atoms with Crippen LogP contribution in [0.15, 0.2) is 36.2 Å². The number of methoxy groups -OCH3 is 1. The molecule has 0 aromatic heterocycles. The number of nitrogens with one attached hydrogen (secondary N) is 2. The van der Waals surface area contributed by atoms with E-state index in [1.165, 1.54) is 12.1 Å². The third-order valence-corrected chi connectivity index (χ3v) is 4.67. The van der Waals surface area contributed by atoms with Crippen molar-refractivity contribution in [3.63, 3.8) is 0 Å². The highest BCUT2D eigenvalue weighted by Gasteiger charge is 2.29. The zero-order chi connectivity index (χ0) is 21.7. The lowest BCUT2D eigenvalue weighted by Gasteiger charge is -2.14. The molecule has 1 saturated heterocycles. The average molecular weight is 419 g/mol. The molecule has 1 aromatic rings. The van der Waals surface area contributed by atoms with Gasteiger partial charge in [-0.15, -0.1) is 0 Å². The molecule has 0 spiro atoms. The van der Waals surface area contributed by atoms with Gasteiger partial charge in [0, 0.05) is 38.1 Å². The van der Waals surface area contributed by atoms with Gasteiger partial charge in [0.05, 0.1) is 18.3 Å². The normalized spacial score (nSPS) is 18.1. The average Bonchev–Trinajstić information content (AvgIpc) is 3.21. The number of hydrazine groups is 1. The maximum atomic E-state index is 12.3. The maximum absolute atomic E-state index is 12.3. The van der Waals surface area contributed by atoms with Crippen molar-refractivity contribution in [1.82, 2.24) is 10.7 Å². The van der Waals surface area contributed by atoms with Crippen LogP contribution in [0.5, 0.6) is 0 Å². The summed E-state index contributed by atoms with van der Waals surface area (Å²) in [4.78, 5) is 0. The highest BCUT2D eigenvalue weighted by atomic mass is 19.4. The Bertz CT molecular complexity index is 588. The second-order valence-electron chi connectivity index (χ2n) is 6.82. The molecule has 2 unspecified atom stereocenters. The van der Waals surface area contributed by atoms with Crippen LogP contribution in [0.25, 0.3) is 0 Å². The quantitative estimate of drug-likeness (QED) is 0.364. The summed E-state index contributed by atoms with van der Waals surface area (Å²) in [5, 5.41) is 3.16. The van der Waals surface area contributed by atoms with Gasteiger partial charge in [-0.05, 0) is 43.5 Å². The molecule has 1 aliphatic heterocycles. The van der Waals surface area contributed by atoms with E-state index >= 15 is 0 Å². The van der Waals surface area contributed by atoms with Crippen molar-refractivity contribution < 1.29 is 22.6 Å². The zero-order valence-corrected chi connectivity index (χ0v) is 17.1. The Labute approximate surface area is 170 Å². The van der Waals surface area contributed by atoms with Gasteiger partial charge in [0.1, 0.15) is 0 Å². The molecule has 0 bridgehead atoms. The number of allylic oxidation sites excluding steroid dienone is 1. The predicted molar refractivity (Wildman–Crippen MR) is 107 cm³/mol. The van der Waals surface area contributed by atoms with Crippen LogP contribution in [-0.4, -0.2) is 32.9 Å². The molecule has 1 aromatic carbocycles. The van der Waals surface area contributed by atoms with Crippen molar-refractivity contribution in [2.45, 2.75) is 45.1 Å². The molecule has 1 heterocycles. The van der Waals surface area contributed by atoms with Gasteiger partial charge >= 0.3 is 6.18 Å². The molecule has 166 valence electrons. The molecule has 0 aliphatic carbocycles. The van der Waals surface area contributed by atoms with Crippen LogP contribution in [0.1, 0.15) is 37.3 Å².